The Hall–Kier alpha value is -5.32. The summed E-state index contributed by atoms with van der Waals surface area (Å²) in [6.07, 6.45) is -1.86. The SMILES string of the molecule is CC(C)(C(=O)Nc1ccc(C#N)c(C(F)(F)F)c1)n1cc(-c2ccc3c(c2)C(=O)N(C2CCC(=O)NC2=O)C3=O)cn1. The van der Waals surface area contributed by atoms with Gasteiger partial charge in [-0.15, -0.1) is 0 Å². The summed E-state index contributed by atoms with van der Waals surface area (Å²) in [6, 6.07) is 7.69. The number of hydrogen-bond acceptors (Lipinski definition) is 7. The Kier molecular flexibility index (Phi) is 6.68. The fraction of sp³-hybridized carbons (Fsp3) is 0.250. The van der Waals surface area contributed by atoms with Crippen molar-refractivity contribution in [1.29, 1.82) is 5.26 Å². The molecule has 5 rings (SSSR count). The van der Waals surface area contributed by atoms with Crippen molar-refractivity contribution in [1.82, 2.24) is 20.0 Å². The number of hydrogen-bond donors (Lipinski definition) is 2. The summed E-state index contributed by atoms with van der Waals surface area (Å²) in [5.41, 5.74) is -2.20. The second-order valence-electron chi connectivity index (χ2n) is 10.3. The minimum Gasteiger partial charge on any atom is -0.324 e. The number of piperidine rings is 1. The molecular weight excluding hydrogens is 557 g/mol. The molecule has 0 spiro atoms. The topological polar surface area (TPSA) is 154 Å². The van der Waals surface area contributed by atoms with Gasteiger partial charge in [-0.05, 0) is 56.2 Å². The van der Waals surface area contributed by atoms with E-state index in [2.05, 4.69) is 15.7 Å². The molecule has 0 radical (unpaired) electrons. The van der Waals surface area contributed by atoms with Gasteiger partial charge in [-0.25, -0.2) is 0 Å². The molecule has 2 aliphatic rings. The molecule has 5 amide bonds. The summed E-state index contributed by atoms with van der Waals surface area (Å²) in [4.78, 5) is 63.8. The molecule has 2 N–H and O–H groups in total. The van der Waals surface area contributed by atoms with Gasteiger partial charge in [-0.1, -0.05) is 6.07 Å². The number of imide groups is 2. The van der Waals surface area contributed by atoms with E-state index < -0.39 is 58.4 Å². The van der Waals surface area contributed by atoms with Crippen LogP contribution in [0.15, 0.2) is 48.8 Å². The minimum absolute atomic E-state index is 0.00766. The number of fused-ring (bicyclic) bond motifs is 1. The van der Waals surface area contributed by atoms with E-state index in [1.54, 1.807) is 6.07 Å². The highest BCUT2D eigenvalue weighted by molar-refractivity contribution is 6.23. The summed E-state index contributed by atoms with van der Waals surface area (Å²) >= 11 is 0. The van der Waals surface area contributed by atoms with Gasteiger partial charge in [0.1, 0.15) is 11.6 Å². The zero-order valence-electron chi connectivity index (χ0n) is 22.1. The van der Waals surface area contributed by atoms with E-state index in [9.17, 15) is 37.1 Å². The summed E-state index contributed by atoms with van der Waals surface area (Å²) in [5.74, 6) is -3.23. The first-order chi connectivity index (χ1) is 19.7. The standard InChI is InChI=1S/C28H21F3N6O5/c1-27(2,26(42)34-17-5-3-15(11-32)20(10-17)28(29,30)31)36-13-16(12-33-36)14-4-6-18-19(9-14)25(41)37(24(18)40)21-7-8-22(38)35-23(21)39/h3-6,9-10,12-13,21H,7-8H2,1-2H3,(H,34,42)(H,35,38,39). The van der Waals surface area contributed by atoms with Gasteiger partial charge in [-0.2, -0.15) is 23.5 Å². The van der Waals surface area contributed by atoms with Gasteiger partial charge in [-0.3, -0.25) is 38.9 Å². The number of carbonyl (C=O) groups is 5. The van der Waals surface area contributed by atoms with Gasteiger partial charge in [0.15, 0.2) is 0 Å². The molecule has 1 unspecified atom stereocenters. The highest BCUT2D eigenvalue weighted by Crippen LogP contribution is 2.35. The van der Waals surface area contributed by atoms with E-state index in [1.165, 1.54) is 55.2 Å². The molecular formula is C28H21F3N6O5. The van der Waals surface area contributed by atoms with Crippen molar-refractivity contribution in [2.45, 2.75) is 44.4 Å². The van der Waals surface area contributed by atoms with E-state index in [-0.39, 0.29) is 29.7 Å². The number of rotatable bonds is 5. The van der Waals surface area contributed by atoms with E-state index in [4.69, 9.17) is 5.26 Å². The number of anilines is 1. The van der Waals surface area contributed by atoms with E-state index >= 15 is 0 Å². The maximum absolute atomic E-state index is 13.3. The van der Waals surface area contributed by atoms with Crippen molar-refractivity contribution in [3.8, 4) is 17.2 Å². The third-order valence-electron chi connectivity index (χ3n) is 7.19. The van der Waals surface area contributed by atoms with Crippen molar-refractivity contribution in [3.05, 3.63) is 71.0 Å². The highest BCUT2D eigenvalue weighted by Gasteiger charge is 2.44. The first-order valence-electron chi connectivity index (χ1n) is 12.6. The number of nitriles is 1. The second kappa shape index (κ2) is 9.95. The Balaban J connectivity index is 1.37. The number of nitrogens with one attached hydrogen (secondary N) is 2. The molecule has 0 saturated carbocycles. The predicted molar refractivity (Wildman–Crippen MR) is 138 cm³/mol. The van der Waals surface area contributed by atoms with Crippen LogP contribution in [0.1, 0.15) is 58.5 Å². The van der Waals surface area contributed by atoms with Gasteiger partial charge in [0, 0.05) is 23.9 Å². The van der Waals surface area contributed by atoms with Gasteiger partial charge in [0.05, 0.1) is 34.5 Å². The number of halogens is 3. The average molecular weight is 579 g/mol. The molecule has 1 fully saturated rings. The second-order valence-corrected chi connectivity index (χ2v) is 10.3. The lowest BCUT2D eigenvalue weighted by Crippen LogP contribution is -2.54. The normalized spacial score (nSPS) is 17.1. The van der Waals surface area contributed by atoms with Crippen molar-refractivity contribution in [2.75, 3.05) is 5.32 Å². The molecule has 1 atom stereocenters. The van der Waals surface area contributed by atoms with E-state index in [0.29, 0.717) is 17.2 Å². The Morgan fingerprint density at radius 1 is 1.05 bits per heavy atom. The minimum atomic E-state index is -4.79. The van der Waals surface area contributed by atoms with E-state index in [1.807, 2.05) is 0 Å². The molecule has 3 aromatic rings. The Morgan fingerprint density at radius 2 is 1.76 bits per heavy atom. The zero-order valence-corrected chi connectivity index (χ0v) is 22.1. The number of carbonyl (C=O) groups excluding carboxylic acids is 5. The van der Waals surface area contributed by atoms with Crippen LogP contribution in [-0.2, 0) is 26.1 Å². The van der Waals surface area contributed by atoms with Crippen LogP contribution < -0.4 is 10.6 Å². The Bertz CT molecular complexity index is 1740. The highest BCUT2D eigenvalue weighted by atomic mass is 19.4. The van der Waals surface area contributed by atoms with Crippen LogP contribution in [0, 0.1) is 11.3 Å². The first kappa shape index (κ1) is 28.2. The molecule has 11 nitrogen and oxygen atoms in total. The zero-order chi connectivity index (χ0) is 30.6. The molecule has 214 valence electrons. The van der Waals surface area contributed by atoms with Gasteiger partial charge >= 0.3 is 6.18 Å². The smallest absolute Gasteiger partial charge is 0.324 e. The molecule has 1 aromatic heterocycles. The van der Waals surface area contributed by atoms with Crippen LogP contribution in [0.2, 0.25) is 0 Å². The van der Waals surface area contributed by atoms with Crippen molar-refractivity contribution in [2.24, 2.45) is 0 Å². The summed E-state index contributed by atoms with van der Waals surface area (Å²) in [7, 11) is 0. The molecule has 3 heterocycles. The Morgan fingerprint density at radius 3 is 2.43 bits per heavy atom. The van der Waals surface area contributed by atoms with Gasteiger partial charge < -0.3 is 5.32 Å². The van der Waals surface area contributed by atoms with Crippen molar-refractivity contribution in [3.63, 3.8) is 0 Å². The van der Waals surface area contributed by atoms with Crippen molar-refractivity contribution < 1.29 is 37.1 Å². The number of nitrogens with zero attached hydrogens (tertiary/aromatic N) is 4. The average Bonchev–Trinajstić information content (AvgIpc) is 3.52. The lowest BCUT2D eigenvalue weighted by Gasteiger charge is -2.27. The third kappa shape index (κ3) is 4.78. The van der Waals surface area contributed by atoms with E-state index in [0.717, 1.165) is 11.0 Å². The van der Waals surface area contributed by atoms with Crippen LogP contribution in [0.4, 0.5) is 18.9 Å². The van der Waals surface area contributed by atoms with Crippen LogP contribution in [0.3, 0.4) is 0 Å². The van der Waals surface area contributed by atoms with Crippen LogP contribution in [-0.4, -0.2) is 50.3 Å². The molecule has 2 aliphatic heterocycles. The van der Waals surface area contributed by atoms with Crippen LogP contribution in [0.5, 0.6) is 0 Å². The summed E-state index contributed by atoms with van der Waals surface area (Å²) in [5, 5.41) is 17.8. The quantitative estimate of drug-likeness (QED) is 0.441. The number of aromatic nitrogens is 2. The maximum Gasteiger partial charge on any atom is 0.417 e. The maximum atomic E-state index is 13.3. The number of benzene rings is 2. The molecule has 42 heavy (non-hydrogen) atoms. The molecule has 0 bridgehead atoms. The number of alkyl halides is 3. The Labute approximate surface area is 235 Å². The van der Waals surface area contributed by atoms with Crippen LogP contribution in [0.25, 0.3) is 11.1 Å². The largest absolute Gasteiger partial charge is 0.417 e. The fourth-order valence-corrected chi connectivity index (χ4v) is 4.77. The molecule has 1 saturated heterocycles. The molecule has 14 heteroatoms. The predicted octanol–water partition coefficient (Wildman–Crippen LogP) is 3.22. The fourth-order valence-electron chi connectivity index (χ4n) is 4.77. The molecule has 2 aromatic carbocycles. The third-order valence-corrected chi connectivity index (χ3v) is 7.19. The monoisotopic (exact) mass is 578 g/mol. The van der Waals surface area contributed by atoms with Gasteiger partial charge in [0.2, 0.25) is 11.8 Å². The van der Waals surface area contributed by atoms with Crippen LogP contribution >= 0.6 is 0 Å². The van der Waals surface area contributed by atoms with Crippen molar-refractivity contribution >= 4 is 35.2 Å². The van der Waals surface area contributed by atoms with Gasteiger partial charge in [0.25, 0.3) is 17.7 Å². The lowest BCUT2D eigenvalue weighted by molar-refractivity contribution is -0.138. The summed E-state index contributed by atoms with van der Waals surface area (Å²) < 4.78 is 41.3. The summed E-state index contributed by atoms with van der Waals surface area (Å²) in [6.45, 7) is 2.99. The molecule has 0 aliphatic carbocycles. The first-order valence-corrected chi connectivity index (χ1v) is 12.6. The number of amides is 5. The lowest BCUT2D eigenvalue weighted by atomic mass is 10.0.